The van der Waals surface area contributed by atoms with E-state index in [0.717, 1.165) is 42.7 Å². The summed E-state index contributed by atoms with van der Waals surface area (Å²) in [5.74, 6) is -0.0328. The van der Waals surface area contributed by atoms with E-state index in [0.29, 0.717) is 24.8 Å². The molecule has 7 nitrogen and oxygen atoms in total. The number of fused-ring (bicyclic) bond motifs is 1. The number of rotatable bonds is 6. The molecule has 2 heterocycles. The Hall–Kier alpha value is -1.97. The quantitative estimate of drug-likeness (QED) is 0.692. The van der Waals surface area contributed by atoms with Gasteiger partial charge < -0.3 is 9.64 Å². The van der Waals surface area contributed by atoms with Crippen LogP contribution < -0.4 is 9.62 Å². The number of ether oxygens (including phenoxy) is 1. The zero-order valence-corrected chi connectivity index (χ0v) is 19.7. The SMILES string of the molecule is CC(=O)N1CCCc2cc(S(=O)(=O)NCC(c3cccc(Cl)c3)N3CCOCC3)ccc21. The number of halogens is 1. The summed E-state index contributed by atoms with van der Waals surface area (Å²) < 4.78 is 34.6. The van der Waals surface area contributed by atoms with Crippen LogP contribution in [0.3, 0.4) is 0 Å². The Morgan fingerprint density at radius 3 is 2.66 bits per heavy atom. The van der Waals surface area contributed by atoms with E-state index in [-0.39, 0.29) is 23.4 Å². The highest BCUT2D eigenvalue weighted by molar-refractivity contribution is 7.89. The molecule has 2 aliphatic rings. The standard InChI is InChI=1S/C23H28ClN3O4S/c1-17(28)27-9-3-5-19-15-21(7-8-22(19)27)32(29,30)25-16-23(26-10-12-31-13-11-26)18-4-2-6-20(24)14-18/h2,4,6-8,14-15,23,25H,3,5,9-13,16H2,1H3. The molecular weight excluding hydrogens is 450 g/mol. The maximum absolute atomic E-state index is 13.2. The van der Waals surface area contributed by atoms with Crippen molar-refractivity contribution in [2.75, 3.05) is 44.3 Å². The second-order valence-corrected chi connectivity index (χ2v) is 10.3. The van der Waals surface area contributed by atoms with Crippen LogP contribution in [0.4, 0.5) is 5.69 Å². The van der Waals surface area contributed by atoms with Crippen molar-refractivity contribution in [1.82, 2.24) is 9.62 Å². The van der Waals surface area contributed by atoms with Crippen molar-refractivity contribution in [2.24, 2.45) is 0 Å². The number of morpholine rings is 1. The predicted octanol–water partition coefficient (Wildman–Crippen LogP) is 2.99. The summed E-state index contributed by atoms with van der Waals surface area (Å²) in [5.41, 5.74) is 2.64. The second kappa shape index (κ2) is 9.89. The van der Waals surface area contributed by atoms with Gasteiger partial charge in [0.2, 0.25) is 15.9 Å². The van der Waals surface area contributed by atoms with Gasteiger partial charge in [-0.25, -0.2) is 13.1 Å². The third-order valence-corrected chi connectivity index (χ3v) is 7.70. The Labute approximate surface area is 194 Å². The second-order valence-electron chi connectivity index (χ2n) is 8.14. The lowest BCUT2D eigenvalue weighted by Gasteiger charge is -2.35. The molecular formula is C23H28ClN3O4S. The molecule has 0 aromatic heterocycles. The number of carbonyl (C=O) groups excluding carboxylic acids is 1. The molecule has 1 atom stereocenters. The highest BCUT2D eigenvalue weighted by Crippen LogP contribution is 2.30. The lowest BCUT2D eigenvalue weighted by Crippen LogP contribution is -2.43. The highest BCUT2D eigenvalue weighted by atomic mass is 35.5. The van der Waals surface area contributed by atoms with Crippen molar-refractivity contribution in [3.05, 3.63) is 58.6 Å². The third-order valence-electron chi connectivity index (χ3n) is 6.05. The monoisotopic (exact) mass is 477 g/mol. The number of nitrogens with zero attached hydrogens (tertiary/aromatic N) is 2. The van der Waals surface area contributed by atoms with Crippen molar-refractivity contribution in [2.45, 2.75) is 30.7 Å². The largest absolute Gasteiger partial charge is 0.379 e. The lowest BCUT2D eigenvalue weighted by atomic mass is 10.0. The van der Waals surface area contributed by atoms with Gasteiger partial charge in [0.25, 0.3) is 0 Å². The summed E-state index contributed by atoms with van der Waals surface area (Å²) in [6.07, 6.45) is 1.57. The minimum atomic E-state index is -3.73. The molecule has 1 saturated heterocycles. The number of hydrogen-bond acceptors (Lipinski definition) is 5. The highest BCUT2D eigenvalue weighted by Gasteiger charge is 2.27. The number of amides is 1. The van der Waals surface area contributed by atoms with Gasteiger partial charge in [-0.05, 0) is 54.3 Å². The van der Waals surface area contributed by atoms with Crippen molar-refractivity contribution in [3.63, 3.8) is 0 Å². The zero-order chi connectivity index (χ0) is 22.7. The van der Waals surface area contributed by atoms with E-state index in [1.54, 1.807) is 23.1 Å². The molecule has 172 valence electrons. The van der Waals surface area contributed by atoms with E-state index in [9.17, 15) is 13.2 Å². The Morgan fingerprint density at radius 1 is 1.16 bits per heavy atom. The Balaban J connectivity index is 1.55. The fourth-order valence-corrected chi connectivity index (χ4v) is 5.69. The average Bonchev–Trinajstić information content (AvgIpc) is 2.79. The van der Waals surface area contributed by atoms with Crippen LogP contribution in [-0.2, 0) is 26.0 Å². The molecule has 9 heteroatoms. The van der Waals surface area contributed by atoms with Crippen LogP contribution in [0.15, 0.2) is 47.4 Å². The van der Waals surface area contributed by atoms with Gasteiger partial charge >= 0.3 is 0 Å². The van der Waals surface area contributed by atoms with Crippen molar-refractivity contribution in [3.8, 4) is 0 Å². The molecule has 0 saturated carbocycles. The molecule has 0 bridgehead atoms. The van der Waals surface area contributed by atoms with E-state index in [1.807, 2.05) is 24.3 Å². The van der Waals surface area contributed by atoms with Gasteiger partial charge in [-0.2, -0.15) is 0 Å². The van der Waals surface area contributed by atoms with Gasteiger partial charge in [0.05, 0.1) is 18.1 Å². The smallest absolute Gasteiger partial charge is 0.240 e. The fourth-order valence-electron chi connectivity index (χ4n) is 4.40. The van der Waals surface area contributed by atoms with E-state index >= 15 is 0 Å². The van der Waals surface area contributed by atoms with Gasteiger partial charge in [0.15, 0.2) is 0 Å². The van der Waals surface area contributed by atoms with Crippen LogP contribution >= 0.6 is 11.6 Å². The number of carbonyl (C=O) groups is 1. The molecule has 1 fully saturated rings. The topological polar surface area (TPSA) is 79.0 Å². The van der Waals surface area contributed by atoms with E-state index < -0.39 is 10.0 Å². The summed E-state index contributed by atoms with van der Waals surface area (Å²) in [4.78, 5) is 16.0. The maximum atomic E-state index is 13.2. The third kappa shape index (κ3) is 5.15. The summed E-state index contributed by atoms with van der Waals surface area (Å²) in [5, 5.41) is 0.619. The van der Waals surface area contributed by atoms with Crippen LogP contribution in [0.1, 0.15) is 30.5 Å². The maximum Gasteiger partial charge on any atom is 0.240 e. The van der Waals surface area contributed by atoms with Crippen LogP contribution in [-0.4, -0.2) is 58.6 Å². The molecule has 0 spiro atoms. The first-order valence-corrected chi connectivity index (χ1v) is 12.7. The van der Waals surface area contributed by atoms with Crippen LogP contribution in [0.25, 0.3) is 0 Å². The van der Waals surface area contributed by atoms with Crippen molar-refractivity contribution in [1.29, 1.82) is 0 Å². The van der Waals surface area contributed by atoms with Crippen LogP contribution in [0.5, 0.6) is 0 Å². The summed E-state index contributed by atoms with van der Waals surface area (Å²) >= 11 is 6.21. The van der Waals surface area contributed by atoms with Gasteiger partial charge in [0.1, 0.15) is 0 Å². The first-order chi connectivity index (χ1) is 15.3. The van der Waals surface area contributed by atoms with E-state index in [2.05, 4.69) is 9.62 Å². The minimum Gasteiger partial charge on any atom is -0.379 e. The normalized spacial score (nSPS) is 18.2. The van der Waals surface area contributed by atoms with Gasteiger partial charge in [-0.15, -0.1) is 0 Å². The Morgan fingerprint density at radius 2 is 1.94 bits per heavy atom. The lowest BCUT2D eigenvalue weighted by molar-refractivity contribution is -0.116. The number of hydrogen-bond donors (Lipinski definition) is 1. The van der Waals surface area contributed by atoms with Crippen LogP contribution in [0.2, 0.25) is 5.02 Å². The summed E-state index contributed by atoms with van der Waals surface area (Å²) in [6, 6.07) is 12.4. The molecule has 2 aliphatic heterocycles. The Kier molecular flexibility index (Phi) is 7.17. The Bertz CT molecular complexity index is 1090. The summed E-state index contributed by atoms with van der Waals surface area (Å²) in [6.45, 7) is 5.08. The number of nitrogens with one attached hydrogen (secondary N) is 1. The minimum absolute atomic E-state index is 0.0328. The molecule has 0 aliphatic carbocycles. The number of sulfonamides is 1. The van der Waals surface area contributed by atoms with Gasteiger partial charge in [-0.1, -0.05) is 23.7 Å². The number of anilines is 1. The van der Waals surface area contributed by atoms with Gasteiger partial charge in [0, 0.05) is 49.9 Å². The molecule has 2 aromatic carbocycles. The summed E-state index contributed by atoms with van der Waals surface area (Å²) in [7, 11) is -3.73. The molecule has 4 rings (SSSR count). The molecule has 1 unspecified atom stereocenters. The number of aryl methyl sites for hydroxylation is 1. The first kappa shape index (κ1) is 23.2. The number of benzene rings is 2. The predicted molar refractivity (Wildman–Crippen MR) is 125 cm³/mol. The first-order valence-electron chi connectivity index (χ1n) is 10.8. The molecule has 32 heavy (non-hydrogen) atoms. The molecule has 2 aromatic rings. The van der Waals surface area contributed by atoms with E-state index in [1.165, 1.54) is 6.92 Å². The van der Waals surface area contributed by atoms with Gasteiger partial charge in [-0.3, -0.25) is 9.69 Å². The van der Waals surface area contributed by atoms with Crippen molar-refractivity contribution < 1.29 is 17.9 Å². The fraction of sp³-hybridized carbons (Fsp3) is 0.435. The molecule has 1 amide bonds. The van der Waals surface area contributed by atoms with Crippen LogP contribution in [0, 0.1) is 0 Å². The molecule has 1 N–H and O–H groups in total. The van der Waals surface area contributed by atoms with E-state index in [4.69, 9.17) is 16.3 Å². The zero-order valence-electron chi connectivity index (χ0n) is 18.1. The average molecular weight is 478 g/mol. The molecule has 0 radical (unpaired) electrons. The van der Waals surface area contributed by atoms with Crippen molar-refractivity contribution >= 4 is 33.2 Å².